The van der Waals surface area contributed by atoms with Crippen molar-refractivity contribution in [2.75, 3.05) is 0 Å². The van der Waals surface area contributed by atoms with Crippen molar-refractivity contribution < 1.29 is 0 Å². The van der Waals surface area contributed by atoms with E-state index in [-0.39, 0.29) is 0 Å². The topological polar surface area (TPSA) is 0 Å². The molecule has 0 aliphatic rings. The van der Waals surface area contributed by atoms with Crippen LogP contribution in [-0.2, 0) is 0 Å². The van der Waals surface area contributed by atoms with E-state index in [1.54, 1.807) is 0 Å². The van der Waals surface area contributed by atoms with Crippen LogP contribution in [0.3, 0.4) is 0 Å². The molecule has 0 aliphatic carbocycles. The van der Waals surface area contributed by atoms with E-state index in [2.05, 4.69) is 32.0 Å². The minimum Gasteiger partial charge on any atom is -0.0841 e. The lowest BCUT2D eigenvalue weighted by Gasteiger charge is -2.03. The van der Waals surface area contributed by atoms with Gasteiger partial charge in [0, 0.05) is 10.1 Å². The Balaban J connectivity index is 3.22. The molecule has 0 heterocycles. The van der Waals surface area contributed by atoms with Crippen LogP contribution in [0.5, 0.6) is 0 Å². The number of hydrogen-bond acceptors (Lipinski definition) is 0. The van der Waals surface area contributed by atoms with Crippen LogP contribution in [0.2, 0.25) is 0 Å². The van der Waals surface area contributed by atoms with Crippen molar-refractivity contribution in [3.63, 3.8) is 0 Å². The molecule has 0 amide bonds. The minimum absolute atomic E-state index is 0.924. The molecule has 0 fully saturated rings. The van der Waals surface area contributed by atoms with Crippen molar-refractivity contribution in [3.8, 4) is 0 Å². The predicted octanol–water partition coefficient (Wildman–Crippen LogP) is 3.26. The highest BCUT2D eigenvalue weighted by Gasteiger charge is 1.98. The zero-order valence-corrected chi connectivity index (χ0v) is 9.21. The molecule has 0 radical (unpaired) electrons. The van der Waals surface area contributed by atoms with E-state index in [4.69, 9.17) is 11.6 Å². The molecule has 0 N–H and O–H groups in total. The third-order valence-electron chi connectivity index (χ3n) is 1.71. The van der Waals surface area contributed by atoms with Crippen LogP contribution in [-0.4, -0.2) is 4.75 Å². The quantitative estimate of drug-likeness (QED) is 0.608. The van der Waals surface area contributed by atoms with Gasteiger partial charge in [0.25, 0.3) is 0 Å². The van der Waals surface area contributed by atoms with Gasteiger partial charge < -0.3 is 0 Å². The van der Waals surface area contributed by atoms with Crippen LogP contribution in [0.1, 0.15) is 18.1 Å². The van der Waals surface area contributed by atoms with Crippen molar-refractivity contribution in [2.24, 2.45) is 0 Å². The molecule has 1 rings (SSSR count). The average molecular weight is 199 g/mol. The van der Waals surface area contributed by atoms with Gasteiger partial charge in [0.15, 0.2) is 0 Å². The molecule has 0 saturated carbocycles. The van der Waals surface area contributed by atoms with Crippen LogP contribution >= 0.6 is 19.8 Å². The van der Waals surface area contributed by atoms with Crippen molar-refractivity contribution in [1.29, 1.82) is 0 Å². The summed E-state index contributed by atoms with van der Waals surface area (Å²) in [6, 6.07) is 6.32. The van der Waals surface area contributed by atoms with Gasteiger partial charge in [-0.3, -0.25) is 0 Å². The molecule has 12 heavy (non-hydrogen) atoms. The maximum absolute atomic E-state index is 5.86. The minimum atomic E-state index is 0.924. The van der Waals surface area contributed by atoms with Crippen LogP contribution in [0.15, 0.2) is 18.2 Å². The number of aryl methyl sites for hydroxylation is 2. The van der Waals surface area contributed by atoms with Gasteiger partial charge in [-0.2, -0.15) is 0 Å². The van der Waals surface area contributed by atoms with Crippen molar-refractivity contribution in [1.82, 2.24) is 0 Å². The Bertz CT molecular complexity index is 291. The normalized spacial score (nSPS) is 11.8. The van der Waals surface area contributed by atoms with Crippen LogP contribution in [0.4, 0.5) is 0 Å². The summed E-state index contributed by atoms with van der Waals surface area (Å²) < 4.78 is 0.924. The number of benzene rings is 1. The van der Waals surface area contributed by atoms with Gasteiger partial charge in [0.2, 0.25) is 0 Å². The summed E-state index contributed by atoms with van der Waals surface area (Å²) in [5, 5.41) is 1.34. The van der Waals surface area contributed by atoms with E-state index >= 15 is 0 Å². The molecule has 0 aromatic heterocycles. The fourth-order valence-corrected chi connectivity index (χ4v) is 2.20. The highest BCUT2D eigenvalue weighted by Crippen LogP contribution is 2.11. The van der Waals surface area contributed by atoms with E-state index in [0.29, 0.717) is 0 Å². The smallest absolute Gasteiger partial charge is 0.0427 e. The van der Waals surface area contributed by atoms with Gasteiger partial charge in [0.1, 0.15) is 0 Å². The molecule has 0 saturated heterocycles. The molecular weight excluding hydrogens is 187 g/mol. The first kappa shape index (κ1) is 9.77. The van der Waals surface area contributed by atoms with E-state index < -0.39 is 0 Å². The maximum Gasteiger partial charge on any atom is 0.0427 e. The van der Waals surface area contributed by atoms with Crippen molar-refractivity contribution in [2.45, 2.75) is 20.8 Å². The first-order chi connectivity index (χ1) is 5.61. The third kappa shape index (κ3) is 2.33. The zero-order chi connectivity index (χ0) is 9.14. The number of halogens is 1. The molecule has 1 aromatic rings. The van der Waals surface area contributed by atoms with Gasteiger partial charge in [0.05, 0.1) is 0 Å². The Morgan fingerprint density at radius 3 is 2.17 bits per heavy atom. The first-order valence-corrected chi connectivity index (χ1v) is 5.15. The van der Waals surface area contributed by atoms with Gasteiger partial charge >= 0.3 is 0 Å². The summed E-state index contributed by atoms with van der Waals surface area (Å²) in [4.78, 5) is 0. The molecule has 64 valence electrons. The standard InChI is InChI=1S/C10H12ClP/c1-7-5-4-6-8(2)10(7)12-9(3)11/h4-6H,1-3H3. The van der Waals surface area contributed by atoms with Gasteiger partial charge in [-0.25, -0.2) is 0 Å². The van der Waals surface area contributed by atoms with Crippen LogP contribution in [0, 0.1) is 13.8 Å². The zero-order valence-electron chi connectivity index (χ0n) is 7.56. The molecule has 0 unspecified atom stereocenters. The molecule has 0 atom stereocenters. The number of rotatable bonds is 1. The highest BCUT2D eigenvalue weighted by atomic mass is 35.5. The summed E-state index contributed by atoms with van der Waals surface area (Å²) in [6.07, 6.45) is 0. The Morgan fingerprint density at radius 2 is 1.75 bits per heavy atom. The second-order valence-electron chi connectivity index (χ2n) is 2.85. The largest absolute Gasteiger partial charge is 0.0841 e. The third-order valence-corrected chi connectivity index (χ3v) is 3.20. The summed E-state index contributed by atoms with van der Waals surface area (Å²) in [7, 11) is 1.14. The monoisotopic (exact) mass is 198 g/mol. The van der Waals surface area contributed by atoms with E-state index in [1.807, 2.05) is 6.92 Å². The number of hydrogen-bond donors (Lipinski definition) is 0. The Labute approximate surface area is 80.4 Å². The van der Waals surface area contributed by atoms with Gasteiger partial charge in [-0.15, -0.1) is 0 Å². The van der Waals surface area contributed by atoms with E-state index in [1.165, 1.54) is 16.4 Å². The average Bonchev–Trinajstić information content (AvgIpc) is 1.97. The van der Waals surface area contributed by atoms with Gasteiger partial charge in [-0.05, 0) is 31.9 Å². The summed E-state index contributed by atoms with van der Waals surface area (Å²) >= 11 is 5.86. The van der Waals surface area contributed by atoms with Crippen LogP contribution in [0.25, 0.3) is 0 Å². The van der Waals surface area contributed by atoms with Crippen molar-refractivity contribution >= 4 is 29.9 Å². The SMILES string of the molecule is C/C(Cl)=P/c1c(C)cccc1C. The van der Waals surface area contributed by atoms with Crippen LogP contribution < -0.4 is 5.30 Å². The summed E-state index contributed by atoms with van der Waals surface area (Å²) in [5.41, 5.74) is 2.63. The Kier molecular flexibility index (Phi) is 3.31. The lowest BCUT2D eigenvalue weighted by Crippen LogP contribution is -2.02. The second kappa shape index (κ2) is 4.07. The molecular formula is C10H12ClP. The Morgan fingerprint density at radius 1 is 1.25 bits per heavy atom. The lowest BCUT2D eigenvalue weighted by atomic mass is 10.2. The summed E-state index contributed by atoms with van der Waals surface area (Å²) in [5.74, 6) is 0. The summed E-state index contributed by atoms with van der Waals surface area (Å²) in [6.45, 7) is 6.18. The molecule has 1 aromatic carbocycles. The fourth-order valence-electron chi connectivity index (χ4n) is 1.14. The lowest BCUT2D eigenvalue weighted by molar-refractivity contribution is 1.44. The van der Waals surface area contributed by atoms with E-state index in [9.17, 15) is 0 Å². The first-order valence-electron chi connectivity index (χ1n) is 3.88. The highest BCUT2D eigenvalue weighted by molar-refractivity contribution is 7.53. The second-order valence-corrected chi connectivity index (χ2v) is 5.02. The molecule has 0 spiro atoms. The molecule has 0 nitrogen and oxygen atoms in total. The Hall–Kier alpha value is -0.320. The van der Waals surface area contributed by atoms with Gasteiger partial charge in [-0.1, -0.05) is 38.0 Å². The predicted molar refractivity (Wildman–Crippen MR) is 59.0 cm³/mol. The maximum atomic E-state index is 5.86. The fraction of sp³-hybridized carbons (Fsp3) is 0.300. The van der Waals surface area contributed by atoms with E-state index in [0.717, 1.165) is 13.0 Å². The molecule has 0 aliphatic heterocycles. The molecule has 2 heteroatoms. The molecule has 0 bridgehead atoms. The van der Waals surface area contributed by atoms with Crippen molar-refractivity contribution in [3.05, 3.63) is 29.3 Å².